The van der Waals surface area contributed by atoms with Gasteiger partial charge in [0.15, 0.2) is 0 Å². The van der Waals surface area contributed by atoms with Crippen LogP contribution in [0.5, 0.6) is 5.75 Å². The van der Waals surface area contributed by atoms with Gasteiger partial charge in [-0.1, -0.05) is 26.0 Å². The Morgan fingerprint density at radius 1 is 0.680 bits per heavy atom. The predicted molar refractivity (Wildman–Crippen MR) is 174 cm³/mol. The second kappa shape index (κ2) is 20.5. The molecule has 0 spiro atoms. The lowest BCUT2D eigenvalue weighted by Crippen LogP contribution is -2.59. The van der Waals surface area contributed by atoms with Crippen LogP contribution in [-0.4, -0.2) is 100 Å². The van der Waals surface area contributed by atoms with Gasteiger partial charge >= 0.3 is 5.97 Å². The van der Waals surface area contributed by atoms with Crippen molar-refractivity contribution in [1.29, 1.82) is 0 Å². The molecule has 0 aromatic heterocycles. The summed E-state index contributed by atoms with van der Waals surface area (Å²) in [4.78, 5) is 111. The summed E-state index contributed by atoms with van der Waals surface area (Å²) in [5, 5.41) is 30.4. The lowest BCUT2D eigenvalue weighted by molar-refractivity contribution is -0.141. The third kappa shape index (κ3) is 16.4. The average molecular weight is 708 g/mol. The number of nitrogens with one attached hydrogen (secondary N) is 5. The fraction of sp³-hybridized carbons (Fsp3) is 0.500. The highest BCUT2D eigenvalue weighted by molar-refractivity contribution is 5.97. The number of carbonyl (C=O) groups excluding carboxylic acids is 8. The van der Waals surface area contributed by atoms with Crippen molar-refractivity contribution in [2.45, 2.75) is 82.6 Å². The monoisotopic (exact) mass is 707 g/mol. The van der Waals surface area contributed by atoms with E-state index in [2.05, 4.69) is 26.6 Å². The number of carboxylic acid groups (broad SMARTS) is 1. The molecule has 8 amide bonds. The van der Waals surface area contributed by atoms with Gasteiger partial charge in [0.05, 0.1) is 25.4 Å². The van der Waals surface area contributed by atoms with Gasteiger partial charge < -0.3 is 59.7 Å². The van der Waals surface area contributed by atoms with Gasteiger partial charge in [-0.05, 0) is 36.5 Å². The van der Waals surface area contributed by atoms with Crippen LogP contribution < -0.4 is 49.5 Å². The molecule has 1 aromatic rings. The van der Waals surface area contributed by atoms with Crippen LogP contribution in [-0.2, 0) is 49.6 Å². The van der Waals surface area contributed by atoms with Gasteiger partial charge in [0.25, 0.3) is 0 Å². The summed E-state index contributed by atoms with van der Waals surface area (Å²) >= 11 is 0. The number of phenols is 1. The SMILES string of the molecule is CC(C)C[C@H](NC(=O)[C@H](CC(N)=O)NC(=O)[C@@H](N)CC(N)=O)C(=O)N[C@@H](CCC(N)=O)C(=O)NCC(=O)N[C@@H](Cc1ccc(O)cc1)C(=O)O. The number of carbonyl (C=O) groups is 9. The highest BCUT2D eigenvalue weighted by atomic mass is 16.4. The maximum atomic E-state index is 13.4. The molecule has 0 aliphatic carbocycles. The zero-order chi connectivity index (χ0) is 38.1. The fourth-order valence-electron chi connectivity index (χ4n) is 4.41. The highest BCUT2D eigenvalue weighted by Gasteiger charge is 2.32. The Morgan fingerprint density at radius 3 is 1.74 bits per heavy atom. The second-order valence-electron chi connectivity index (χ2n) is 11.8. The van der Waals surface area contributed by atoms with Crippen LogP contribution in [0.2, 0.25) is 0 Å². The third-order valence-corrected chi connectivity index (χ3v) is 6.88. The number of phenolic OH excluding ortho intramolecular Hbond substituents is 1. The Balaban J connectivity index is 3.06. The van der Waals surface area contributed by atoms with Crippen LogP contribution in [0, 0.1) is 5.92 Å². The van der Waals surface area contributed by atoms with Crippen molar-refractivity contribution in [2.24, 2.45) is 28.9 Å². The first-order chi connectivity index (χ1) is 23.3. The van der Waals surface area contributed by atoms with E-state index in [0.717, 1.165) is 0 Å². The molecule has 20 heteroatoms. The molecule has 276 valence electrons. The number of hydrogen-bond donors (Lipinski definition) is 11. The molecule has 20 nitrogen and oxygen atoms in total. The molecule has 0 aliphatic rings. The Morgan fingerprint density at radius 2 is 1.22 bits per heavy atom. The number of aromatic hydroxyl groups is 1. The smallest absolute Gasteiger partial charge is 0.326 e. The van der Waals surface area contributed by atoms with Gasteiger partial charge in [0.2, 0.25) is 47.3 Å². The van der Waals surface area contributed by atoms with E-state index in [0.29, 0.717) is 5.56 Å². The summed E-state index contributed by atoms with van der Waals surface area (Å²) in [5.41, 5.74) is 21.6. The van der Waals surface area contributed by atoms with E-state index in [-0.39, 0.29) is 37.4 Å². The first-order valence-electron chi connectivity index (χ1n) is 15.4. The molecule has 0 fully saturated rings. The fourth-order valence-corrected chi connectivity index (χ4v) is 4.41. The molecule has 0 unspecified atom stereocenters. The maximum absolute atomic E-state index is 13.4. The van der Waals surface area contributed by atoms with Gasteiger partial charge in [-0.3, -0.25) is 38.4 Å². The maximum Gasteiger partial charge on any atom is 0.326 e. The van der Waals surface area contributed by atoms with E-state index in [1.807, 2.05) is 0 Å². The topological polar surface area (TPSA) is 358 Å². The largest absolute Gasteiger partial charge is 0.508 e. The molecular weight excluding hydrogens is 662 g/mol. The zero-order valence-corrected chi connectivity index (χ0v) is 27.6. The number of aliphatic carboxylic acids is 1. The van der Waals surface area contributed by atoms with Crippen molar-refractivity contribution in [3.05, 3.63) is 29.8 Å². The van der Waals surface area contributed by atoms with E-state index in [1.165, 1.54) is 24.3 Å². The normalized spacial score (nSPS) is 13.8. The van der Waals surface area contributed by atoms with E-state index < -0.39 is 103 Å². The van der Waals surface area contributed by atoms with Crippen molar-refractivity contribution in [1.82, 2.24) is 26.6 Å². The standard InChI is InChI=1S/C30H45N9O11/c1-14(2)9-19(39-29(48)20(12-24(34)43)38-26(45)17(31)11-23(33)42)28(47)37-18(7-8-22(32)41)27(46)35-13-25(44)36-21(30(49)50)10-15-3-5-16(40)6-4-15/h3-6,14,17-21,40H,7-13,31H2,1-2H3,(H2,32,41)(H2,33,42)(H2,34,43)(H,35,46)(H,36,44)(H,37,47)(H,38,45)(H,39,48)(H,49,50)/t17-,18-,19-,20-,21-/m0/s1. The summed E-state index contributed by atoms with van der Waals surface area (Å²) in [6, 6.07) is -1.66. The third-order valence-electron chi connectivity index (χ3n) is 6.88. The van der Waals surface area contributed by atoms with E-state index in [9.17, 15) is 53.4 Å². The van der Waals surface area contributed by atoms with Crippen molar-refractivity contribution in [3.63, 3.8) is 0 Å². The number of rotatable bonds is 22. The molecule has 1 rings (SSSR count). The number of hydrogen-bond acceptors (Lipinski definition) is 11. The number of amides is 8. The van der Waals surface area contributed by atoms with Crippen LogP contribution in [0.1, 0.15) is 51.5 Å². The van der Waals surface area contributed by atoms with Crippen LogP contribution in [0.4, 0.5) is 0 Å². The summed E-state index contributed by atoms with van der Waals surface area (Å²) in [5.74, 6) is -9.15. The molecule has 1 aromatic carbocycles. The van der Waals surface area contributed by atoms with Gasteiger partial charge in [0.1, 0.15) is 29.9 Å². The minimum atomic E-state index is -1.61. The van der Waals surface area contributed by atoms with Gasteiger partial charge in [-0.2, -0.15) is 0 Å². The van der Waals surface area contributed by atoms with E-state index >= 15 is 0 Å². The van der Waals surface area contributed by atoms with E-state index in [1.54, 1.807) is 13.8 Å². The molecule has 15 N–H and O–H groups in total. The minimum Gasteiger partial charge on any atom is -0.508 e. The molecule has 0 aliphatic heterocycles. The molecule has 0 saturated carbocycles. The molecular formula is C30H45N9O11. The Hall–Kier alpha value is -5.79. The summed E-state index contributed by atoms with van der Waals surface area (Å²) in [6.07, 6.45) is -2.13. The van der Waals surface area contributed by atoms with Crippen LogP contribution in [0.25, 0.3) is 0 Å². The number of benzene rings is 1. The molecule has 0 heterocycles. The highest BCUT2D eigenvalue weighted by Crippen LogP contribution is 2.12. The van der Waals surface area contributed by atoms with Crippen LogP contribution in [0.15, 0.2) is 24.3 Å². The van der Waals surface area contributed by atoms with Crippen LogP contribution >= 0.6 is 0 Å². The number of primary amides is 3. The quantitative estimate of drug-likeness (QED) is 0.0543. The first kappa shape index (κ1) is 42.2. The molecule has 5 atom stereocenters. The summed E-state index contributed by atoms with van der Waals surface area (Å²) in [7, 11) is 0. The van der Waals surface area contributed by atoms with Crippen molar-refractivity contribution >= 4 is 53.2 Å². The zero-order valence-electron chi connectivity index (χ0n) is 27.6. The predicted octanol–water partition coefficient (Wildman–Crippen LogP) is -4.54. The number of carboxylic acids is 1. The molecule has 0 bridgehead atoms. The minimum absolute atomic E-state index is 0.0137. The Bertz CT molecular complexity index is 1420. The molecule has 50 heavy (non-hydrogen) atoms. The molecule has 0 radical (unpaired) electrons. The summed E-state index contributed by atoms with van der Waals surface area (Å²) in [6.45, 7) is 2.69. The lowest BCUT2D eigenvalue weighted by Gasteiger charge is -2.26. The van der Waals surface area contributed by atoms with Crippen LogP contribution in [0.3, 0.4) is 0 Å². The van der Waals surface area contributed by atoms with Gasteiger partial charge in [0, 0.05) is 12.8 Å². The van der Waals surface area contributed by atoms with Crippen molar-refractivity contribution in [3.8, 4) is 5.75 Å². The van der Waals surface area contributed by atoms with Gasteiger partial charge in [-0.25, -0.2) is 4.79 Å². The second-order valence-corrected chi connectivity index (χ2v) is 11.8. The molecule has 0 saturated heterocycles. The van der Waals surface area contributed by atoms with Crippen molar-refractivity contribution < 1.29 is 53.4 Å². The van der Waals surface area contributed by atoms with E-state index in [4.69, 9.17) is 22.9 Å². The average Bonchev–Trinajstić information content (AvgIpc) is 3.00. The summed E-state index contributed by atoms with van der Waals surface area (Å²) < 4.78 is 0. The number of nitrogens with two attached hydrogens (primary N) is 4. The van der Waals surface area contributed by atoms with Crippen molar-refractivity contribution in [2.75, 3.05) is 6.54 Å². The first-order valence-corrected chi connectivity index (χ1v) is 15.4. The lowest BCUT2D eigenvalue weighted by atomic mass is 10.0. The van der Waals surface area contributed by atoms with Gasteiger partial charge in [-0.15, -0.1) is 0 Å². The Kier molecular flexibility index (Phi) is 17.4. The Labute approximate surface area is 286 Å².